The van der Waals surface area contributed by atoms with Crippen LogP contribution < -0.4 is 5.73 Å². The molecule has 102 valence electrons. The summed E-state index contributed by atoms with van der Waals surface area (Å²) >= 11 is 2.00. The molecule has 0 saturated carbocycles. The Morgan fingerprint density at radius 2 is 2.37 bits per heavy atom. The molecule has 0 amide bonds. The van der Waals surface area contributed by atoms with Crippen LogP contribution in [-0.2, 0) is 6.54 Å². The Morgan fingerprint density at radius 3 is 3.05 bits per heavy atom. The lowest BCUT2D eigenvalue weighted by Gasteiger charge is -2.24. The van der Waals surface area contributed by atoms with E-state index in [1.807, 2.05) is 17.8 Å². The summed E-state index contributed by atoms with van der Waals surface area (Å²) in [6.45, 7) is 1.10. The van der Waals surface area contributed by atoms with E-state index in [0.717, 1.165) is 17.7 Å². The van der Waals surface area contributed by atoms with Gasteiger partial charge >= 0.3 is 0 Å². The maximum absolute atomic E-state index is 13.3. The summed E-state index contributed by atoms with van der Waals surface area (Å²) < 4.78 is 13.3. The summed E-state index contributed by atoms with van der Waals surface area (Å²) in [4.78, 5) is 2.33. The molecule has 1 saturated heterocycles. The Hall–Kier alpha value is -1.02. The standard InChI is InChI=1S/C15H19FN2S/c1-18(15-6-8-19-11-15)10-13-4-5-14(16)9-12(13)3-2-7-17/h4-5,9,15H,6-8,10-11,17H2,1H3. The van der Waals surface area contributed by atoms with Gasteiger partial charge in [0.1, 0.15) is 5.82 Å². The van der Waals surface area contributed by atoms with Crippen molar-refractivity contribution in [1.29, 1.82) is 0 Å². The van der Waals surface area contributed by atoms with Crippen LogP contribution in [0.1, 0.15) is 17.5 Å². The molecule has 1 aliphatic rings. The molecule has 2 N–H and O–H groups in total. The normalized spacial score (nSPS) is 18.4. The Balaban J connectivity index is 2.14. The van der Waals surface area contributed by atoms with E-state index in [-0.39, 0.29) is 5.82 Å². The highest BCUT2D eigenvalue weighted by Gasteiger charge is 2.20. The molecule has 1 aromatic rings. The molecule has 0 radical (unpaired) electrons. The van der Waals surface area contributed by atoms with Crippen molar-refractivity contribution < 1.29 is 4.39 Å². The first-order valence-electron chi connectivity index (χ1n) is 6.46. The highest BCUT2D eigenvalue weighted by Crippen LogP contribution is 2.23. The van der Waals surface area contributed by atoms with Crippen LogP contribution in [0.3, 0.4) is 0 Å². The topological polar surface area (TPSA) is 29.3 Å². The van der Waals surface area contributed by atoms with Crippen LogP contribution in [0, 0.1) is 17.7 Å². The lowest BCUT2D eigenvalue weighted by molar-refractivity contribution is 0.254. The zero-order valence-electron chi connectivity index (χ0n) is 11.2. The number of nitrogens with two attached hydrogens (primary N) is 1. The highest BCUT2D eigenvalue weighted by atomic mass is 32.2. The molecule has 1 heterocycles. The van der Waals surface area contributed by atoms with Crippen LogP contribution in [0.5, 0.6) is 0 Å². The summed E-state index contributed by atoms with van der Waals surface area (Å²) in [7, 11) is 2.13. The van der Waals surface area contributed by atoms with Gasteiger partial charge in [0.15, 0.2) is 0 Å². The molecule has 1 aliphatic heterocycles. The van der Waals surface area contributed by atoms with E-state index in [0.29, 0.717) is 12.6 Å². The second-order valence-corrected chi connectivity index (χ2v) is 5.89. The third-order valence-electron chi connectivity index (χ3n) is 3.35. The van der Waals surface area contributed by atoms with Gasteiger partial charge in [-0.15, -0.1) is 0 Å². The van der Waals surface area contributed by atoms with Gasteiger partial charge in [0.25, 0.3) is 0 Å². The van der Waals surface area contributed by atoms with E-state index in [1.54, 1.807) is 0 Å². The lowest BCUT2D eigenvalue weighted by Crippen LogP contribution is -2.31. The molecule has 4 heteroatoms. The molecule has 1 fully saturated rings. The van der Waals surface area contributed by atoms with E-state index in [4.69, 9.17) is 5.73 Å². The second-order valence-electron chi connectivity index (χ2n) is 4.74. The minimum absolute atomic E-state index is 0.246. The van der Waals surface area contributed by atoms with Crippen LogP contribution in [-0.4, -0.2) is 36.0 Å². The number of halogens is 1. The monoisotopic (exact) mass is 278 g/mol. The van der Waals surface area contributed by atoms with Crippen molar-refractivity contribution in [2.75, 3.05) is 25.1 Å². The fourth-order valence-corrected chi connectivity index (χ4v) is 3.52. The highest BCUT2D eigenvalue weighted by molar-refractivity contribution is 7.99. The first-order valence-corrected chi connectivity index (χ1v) is 7.61. The minimum atomic E-state index is -0.246. The first-order chi connectivity index (χ1) is 9.20. The van der Waals surface area contributed by atoms with E-state index < -0.39 is 0 Å². The quantitative estimate of drug-likeness (QED) is 0.858. The van der Waals surface area contributed by atoms with E-state index in [1.165, 1.54) is 30.1 Å². The Bertz CT molecular complexity index is 487. The van der Waals surface area contributed by atoms with Gasteiger partial charge < -0.3 is 5.73 Å². The van der Waals surface area contributed by atoms with Gasteiger partial charge in [-0.1, -0.05) is 17.9 Å². The maximum Gasteiger partial charge on any atom is 0.124 e. The third kappa shape index (κ3) is 3.97. The van der Waals surface area contributed by atoms with Gasteiger partial charge in [-0.2, -0.15) is 11.8 Å². The average Bonchev–Trinajstić information content (AvgIpc) is 2.93. The number of benzene rings is 1. The van der Waals surface area contributed by atoms with Crippen molar-refractivity contribution in [1.82, 2.24) is 4.90 Å². The molecule has 1 aromatic carbocycles. The molecule has 0 aliphatic carbocycles. The van der Waals surface area contributed by atoms with Gasteiger partial charge in [0.2, 0.25) is 0 Å². The van der Waals surface area contributed by atoms with Gasteiger partial charge in [0.05, 0.1) is 6.54 Å². The zero-order chi connectivity index (χ0) is 13.7. The molecule has 19 heavy (non-hydrogen) atoms. The second kappa shape index (κ2) is 6.95. The number of hydrogen-bond donors (Lipinski definition) is 1. The molecule has 2 nitrogen and oxygen atoms in total. The van der Waals surface area contributed by atoms with Crippen molar-refractivity contribution in [3.05, 3.63) is 35.1 Å². The Labute approximate surface area is 118 Å². The molecule has 1 unspecified atom stereocenters. The molecule has 2 rings (SSSR count). The van der Waals surface area contributed by atoms with Crippen LogP contribution in [0.25, 0.3) is 0 Å². The lowest BCUT2D eigenvalue weighted by atomic mass is 10.1. The van der Waals surface area contributed by atoms with Crippen LogP contribution in [0.15, 0.2) is 18.2 Å². The van der Waals surface area contributed by atoms with Crippen molar-refractivity contribution in [2.45, 2.75) is 19.0 Å². The molecule has 0 aromatic heterocycles. The van der Waals surface area contributed by atoms with Gasteiger partial charge in [-0.05, 0) is 36.9 Å². The van der Waals surface area contributed by atoms with Crippen molar-refractivity contribution in [2.24, 2.45) is 5.73 Å². The van der Waals surface area contributed by atoms with Crippen molar-refractivity contribution in [3.8, 4) is 11.8 Å². The SMILES string of the molecule is CN(Cc1ccc(F)cc1C#CCN)C1CCSC1. The van der Waals surface area contributed by atoms with Gasteiger partial charge in [-0.3, -0.25) is 4.90 Å². The van der Waals surface area contributed by atoms with Crippen molar-refractivity contribution >= 4 is 11.8 Å². The van der Waals surface area contributed by atoms with Crippen LogP contribution in [0.2, 0.25) is 0 Å². The van der Waals surface area contributed by atoms with E-state index in [2.05, 4.69) is 23.8 Å². The number of rotatable bonds is 3. The smallest absolute Gasteiger partial charge is 0.124 e. The third-order valence-corrected chi connectivity index (χ3v) is 4.49. The Kier molecular flexibility index (Phi) is 5.26. The van der Waals surface area contributed by atoms with E-state index >= 15 is 0 Å². The summed E-state index contributed by atoms with van der Waals surface area (Å²) in [6, 6.07) is 5.44. The molecular formula is C15H19FN2S. The first kappa shape index (κ1) is 14.4. The maximum atomic E-state index is 13.3. The predicted molar refractivity (Wildman–Crippen MR) is 79.5 cm³/mol. The van der Waals surface area contributed by atoms with Crippen molar-refractivity contribution in [3.63, 3.8) is 0 Å². The fraction of sp³-hybridized carbons (Fsp3) is 0.467. The molecule has 1 atom stereocenters. The number of hydrogen-bond acceptors (Lipinski definition) is 3. The minimum Gasteiger partial charge on any atom is -0.320 e. The fourth-order valence-electron chi connectivity index (χ4n) is 2.22. The average molecular weight is 278 g/mol. The molecule has 0 spiro atoms. The van der Waals surface area contributed by atoms with Crippen LogP contribution in [0.4, 0.5) is 4.39 Å². The summed E-state index contributed by atoms with van der Waals surface area (Å²) in [5.74, 6) is 7.94. The van der Waals surface area contributed by atoms with Gasteiger partial charge in [0, 0.05) is 23.9 Å². The van der Waals surface area contributed by atoms with Gasteiger partial charge in [-0.25, -0.2) is 4.39 Å². The summed E-state index contributed by atoms with van der Waals surface area (Å²) in [6.07, 6.45) is 1.23. The predicted octanol–water partition coefficient (Wildman–Crippen LogP) is 2.07. The zero-order valence-corrected chi connectivity index (χ0v) is 12.0. The largest absolute Gasteiger partial charge is 0.320 e. The number of thioether (sulfide) groups is 1. The summed E-state index contributed by atoms with van der Waals surface area (Å²) in [5.41, 5.74) is 7.21. The molecule has 0 bridgehead atoms. The molecular weight excluding hydrogens is 259 g/mol. The summed E-state index contributed by atoms with van der Waals surface area (Å²) in [5, 5.41) is 0. The van der Waals surface area contributed by atoms with E-state index in [9.17, 15) is 4.39 Å². The number of nitrogens with zero attached hydrogens (tertiary/aromatic N) is 1. The Morgan fingerprint density at radius 1 is 1.53 bits per heavy atom. The van der Waals surface area contributed by atoms with Crippen LogP contribution >= 0.6 is 11.8 Å².